The zero-order valence-electron chi connectivity index (χ0n) is 12.4. The van der Waals surface area contributed by atoms with Crippen LogP contribution in [-0.4, -0.2) is 52.1 Å². The number of rotatable bonds is 6. The topological polar surface area (TPSA) is 74.6 Å². The fraction of sp³-hybridized carbons (Fsp3) is 0.600. The zero-order valence-corrected chi connectivity index (χ0v) is 12.4. The smallest absolute Gasteiger partial charge is 0.352 e. The predicted molar refractivity (Wildman–Crippen MR) is 79.3 cm³/mol. The Balaban J connectivity index is 1.80. The van der Waals surface area contributed by atoms with Crippen molar-refractivity contribution in [2.75, 3.05) is 19.6 Å². The monoisotopic (exact) mass is 293 g/mol. The lowest BCUT2D eigenvalue weighted by atomic mass is 10.1. The van der Waals surface area contributed by atoms with Gasteiger partial charge in [-0.2, -0.15) is 0 Å². The van der Waals surface area contributed by atoms with Crippen molar-refractivity contribution in [1.82, 2.24) is 14.8 Å². The maximum Gasteiger partial charge on any atom is 0.352 e. The minimum Gasteiger partial charge on any atom is -0.477 e. The lowest BCUT2D eigenvalue weighted by Gasteiger charge is -2.29. The Bertz CT molecular complexity index is 492. The number of aromatic nitrogens is 1. The molecule has 2 N–H and O–H groups in total. The van der Waals surface area contributed by atoms with E-state index in [0.29, 0.717) is 0 Å². The third-order valence-corrected chi connectivity index (χ3v) is 3.75. The minimum absolute atomic E-state index is 0.0406. The van der Waals surface area contributed by atoms with Crippen molar-refractivity contribution >= 4 is 11.9 Å². The Morgan fingerprint density at radius 3 is 2.71 bits per heavy atom. The van der Waals surface area contributed by atoms with Crippen LogP contribution in [0.3, 0.4) is 0 Å². The van der Waals surface area contributed by atoms with Gasteiger partial charge in [0.2, 0.25) is 5.91 Å². The number of nitrogens with zero attached hydrogens (tertiary/aromatic N) is 2. The molecule has 1 aromatic heterocycles. The van der Waals surface area contributed by atoms with Crippen molar-refractivity contribution < 1.29 is 14.7 Å². The Labute approximate surface area is 124 Å². The van der Waals surface area contributed by atoms with E-state index < -0.39 is 5.97 Å². The number of hydrogen-bond donors (Lipinski definition) is 2. The summed E-state index contributed by atoms with van der Waals surface area (Å²) in [4.78, 5) is 25.4. The number of carboxylic acids is 1. The molecular weight excluding hydrogens is 270 g/mol. The molecule has 1 aliphatic rings. The average Bonchev–Trinajstić information content (AvgIpc) is 2.87. The summed E-state index contributed by atoms with van der Waals surface area (Å²) in [6.07, 6.45) is 5.36. The molecular formula is C15H23N3O3. The Kier molecular flexibility index (Phi) is 5.38. The quantitative estimate of drug-likeness (QED) is 0.826. The molecule has 1 saturated heterocycles. The molecule has 21 heavy (non-hydrogen) atoms. The van der Waals surface area contributed by atoms with E-state index in [-0.39, 0.29) is 24.2 Å². The van der Waals surface area contributed by atoms with Crippen molar-refractivity contribution in [3.8, 4) is 0 Å². The molecule has 1 amide bonds. The summed E-state index contributed by atoms with van der Waals surface area (Å²) < 4.78 is 1.45. The normalized spacial score (nSPS) is 17.4. The molecule has 1 aromatic rings. The number of nitrogens with one attached hydrogen (secondary N) is 1. The van der Waals surface area contributed by atoms with Gasteiger partial charge in [0, 0.05) is 18.8 Å². The molecule has 1 aliphatic heterocycles. The minimum atomic E-state index is -1.02. The fourth-order valence-corrected chi connectivity index (χ4v) is 2.80. The second-order valence-corrected chi connectivity index (χ2v) is 5.66. The van der Waals surface area contributed by atoms with Crippen molar-refractivity contribution in [2.45, 2.75) is 38.8 Å². The molecule has 6 nitrogen and oxygen atoms in total. The maximum absolute atomic E-state index is 12.0. The van der Waals surface area contributed by atoms with Crippen LogP contribution in [-0.2, 0) is 11.3 Å². The van der Waals surface area contributed by atoms with Gasteiger partial charge in [0.05, 0.1) is 0 Å². The van der Waals surface area contributed by atoms with Gasteiger partial charge >= 0.3 is 5.97 Å². The second-order valence-electron chi connectivity index (χ2n) is 5.66. The van der Waals surface area contributed by atoms with Gasteiger partial charge in [-0.3, -0.25) is 4.79 Å². The number of carbonyl (C=O) groups is 2. The number of amides is 1. The molecule has 0 spiro atoms. The highest BCUT2D eigenvalue weighted by Crippen LogP contribution is 2.09. The van der Waals surface area contributed by atoms with Crippen LogP contribution in [0.2, 0.25) is 0 Å². The molecule has 2 heterocycles. The third-order valence-electron chi connectivity index (χ3n) is 3.75. The first kappa shape index (κ1) is 15.6. The molecule has 1 fully saturated rings. The summed E-state index contributed by atoms with van der Waals surface area (Å²) >= 11 is 0. The Morgan fingerprint density at radius 2 is 2.05 bits per heavy atom. The first-order valence-corrected chi connectivity index (χ1v) is 7.46. The number of hydrogen-bond acceptors (Lipinski definition) is 3. The molecule has 116 valence electrons. The summed E-state index contributed by atoms with van der Waals surface area (Å²) in [6.45, 7) is 5.07. The zero-order chi connectivity index (χ0) is 15.2. The van der Waals surface area contributed by atoms with Gasteiger partial charge in [0.1, 0.15) is 12.2 Å². The SMILES string of the molecule is CC(CN1CCCCC1)NC(=O)Cn1cccc1C(=O)O. The first-order valence-electron chi connectivity index (χ1n) is 7.46. The van der Waals surface area contributed by atoms with E-state index in [9.17, 15) is 9.59 Å². The van der Waals surface area contributed by atoms with Crippen LogP contribution in [0.1, 0.15) is 36.7 Å². The van der Waals surface area contributed by atoms with Crippen molar-refractivity contribution in [3.63, 3.8) is 0 Å². The van der Waals surface area contributed by atoms with Gasteiger partial charge in [-0.15, -0.1) is 0 Å². The molecule has 0 aromatic carbocycles. The number of likely N-dealkylation sites (tertiary alicyclic amines) is 1. The second kappa shape index (κ2) is 7.26. The van der Waals surface area contributed by atoms with Crippen molar-refractivity contribution in [3.05, 3.63) is 24.0 Å². The van der Waals surface area contributed by atoms with Gasteiger partial charge < -0.3 is 19.9 Å². The third kappa shape index (κ3) is 4.60. The number of aromatic carboxylic acids is 1. The summed E-state index contributed by atoms with van der Waals surface area (Å²) in [5.41, 5.74) is 0.133. The van der Waals surface area contributed by atoms with E-state index in [1.807, 2.05) is 6.92 Å². The number of carbonyl (C=O) groups excluding carboxylic acids is 1. The van der Waals surface area contributed by atoms with Crippen LogP contribution in [0.15, 0.2) is 18.3 Å². The number of carboxylic acid groups (broad SMARTS) is 1. The lowest BCUT2D eigenvalue weighted by molar-refractivity contribution is -0.122. The highest BCUT2D eigenvalue weighted by molar-refractivity contribution is 5.86. The Morgan fingerprint density at radius 1 is 1.33 bits per heavy atom. The predicted octanol–water partition coefficient (Wildman–Crippen LogP) is 1.18. The van der Waals surface area contributed by atoms with Crippen LogP contribution < -0.4 is 5.32 Å². The first-order chi connectivity index (χ1) is 10.1. The number of piperidine rings is 1. The largest absolute Gasteiger partial charge is 0.477 e. The summed E-state index contributed by atoms with van der Waals surface area (Å²) in [7, 11) is 0. The van der Waals surface area contributed by atoms with Gasteiger partial charge in [-0.05, 0) is 45.0 Å². The van der Waals surface area contributed by atoms with Crippen LogP contribution in [0, 0.1) is 0 Å². The van der Waals surface area contributed by atoms with Crippen molar-refractivity contribution in [1.29, 1.82) is 0 Å². The van der Waals surface area contributed by atoms with E-state index in [1.165, 1.54) is 29.9 Å². The molecule has 2 rings (SSSR count). The van der Waals surface area contributed by atoms with Crippen LogP contribution in [0.25, 0.3) is 0 Å². The van der Waals surface area contributed by atoms with Crippen LogP contribution in [0.4, 0.5) is 0 Å². The summed E-state index contributed by atoms with van der Waals surface area (Å²) in [5, 5.41) is 11.9. The van der Waals surface area contributed by atoms with Gasteiger partial charge in [0.25, 0.3) is 0 Å². The van der Waals surface area contributed by atoms with Crippen LogP contribution >= 0.6 is 0 Å². The molecule has 1 unspecified atom stereocenters. The molecule has 6 heteroatoms. The average molecular weight is 293 g/mol. The van der Waals surface area contributed by atoms with E-state index in [4.69, 9.17) is 5.11 Å². The summed E-state index contributed by atoms with van der Waals surface area (Å²) in [6, 6.07) is 3.19. The van der Waals surface area contributed by atoms with Gasteiger partial charge in [0.15, 0.2) is 0 Å². The molecule has 0 radical (unpaired) electrons. The molecule has 0 bridgehead atoms. The molecule has 0 saturated carbocycles. The van der Waals surface area contributed by atoms with E-state index >= 15 is 0 Å². The maximum atomic E-state index is 12.0. The summed E-state index contributed by atoms with van der Waals surface area (Å²) in [5.74, 6) is -1.17. The fourth-order valence-electron chi connectivity index (χ4n) is 2.80. The van der Waals surface area contributed by atoms with Crippen molar-refractivity contribution in [2.24, 2.45) is 0 Å². The highest BCUT2D eigenvalue weighted by atomic mass is 16.4. The van der Waals surface area contributed by atoms with E-state index in [1.54, 1.807) is 12.3 Å². The molecule has 1 atom stereocenters. The van der Waals surface area contributed by atoms with Gasteiger partial charge in [-0.1, -0.05) is 6.42 Å². The van der Waals surface area contributed by atoms with Crippen LogP contribution in [0.5, 0.6) is 0 Å². The van der Waals surface area contributed by atoms with E-state index in [0.717, 1.165) is 19.6 Å². The standard InChI is InChI=1S/C15H23N3O3/c1-12(10-17-7-3-2-4-8-17)16-14(19)11-18-9-5-6-13(18)15(20)21/h5-6,9,12H,2-4,7-8,10-11H2,1H3,(H,16,19)(H,20,21). The lowest BCUT2D eigenvalue weighted by Crippen LogP contribution is -2.44. The van der Waals surface area contributed by atoms with E-state index in [2.05, 4.69) is 10.2 Å². The van der Waals surface area contributed by atoms with Gasteiger partial charge in [-0.25, -0.2) is 4.79 Å². The molecule has 0 aliphatic carbocycles. The highest BCUT2D eigenvalue weighted by Gasteiger charge is 2.16. The Hall–Kier alpha value is -1.82.